The molecule has 1 fully saturated rings. The summed E-state index contributed by atoms with van der Waals surface area (Å²) in [5, 5.41) is 20.4. The molecule has 2 N–H and O–H groups in total. The van der Waals surface area contributed by atoms with Crippen LogP contribution in [-0.4, -0.2) is 28.4 Å². The molecule has 5 heteroatoms. The van der Waals surface area contributed by atoms with E-state index in [0.717, 1.165) is 37.0 Å². The van der Waals surface area contributed by atoms with Crippen LogP contribution in [0.1, 0.15) is 48.4 Å². The fourth-order valence-corrected chi connectivity index (χ4v) is 4.81. The summed E-state index contributed by atoms with van der Waals surface area (Å²) in [5.74, 6) is 1.25. The molecular formula is C27H26N2O3. The van der Waals surface area contributed by atoms with Crippen molar-refractivity contribution in [3.8, 4) is 17.2 Å². The Hall–Kier alpha value is -3.60. The van der Waals surface area contributed by atoms with Crippen LogP contribution < -0.4 is 4.74 Å². The van der Waals surface area contributed by atoms with E-state index in [9.17, 15) is 10.2 Å². The fraction of sp³-hybridized carbons (Fsp3) is 0.259. The molecule has 5 nitrogen and oxygen atoms in total. The van der Waals surface area contributed by atoms with Gasteiger partial charge in [0, 0.05) is 41.5 Å². The first-order valence-electron chi connectivity index (χ1n) is 11.1. The van der Waals surface area contributed by atoms with Crippen molar-refractivity contribution in [1.29, 1.82) is 0 Å². The van der Waals surface area contributed by atoms with E-state index in [2.05, 4.69) is 6.07 Å². The molecule has 3 atom stereocenters. The summed E-state index contributed by atoms with van der Waals surface area (Å²) < 4.78 is 6.59. The molecular weight excluding hydrogens is 400 g/mol. The number of nitrogens with zero attached hydrogens (tertiary/aromatic N) is 2. The molecule has 3 aromatic carbocycles. The lowest BCUT2D eigenvalue weighted by Gasteiger charge is -2.47. The summed E-state index contributed by atoms with van der Waals surface area (Å²) in [6, 6.07) is 22.3. The largest absolute Gasteiger partial charge is 0.507 e. The Morgan fingerprint density at radius 3 is 2.22 bits per heavy atom. The molecule has 162 valence electrons. The highest BCUT2D eigenvalue weighted by Crippen LogP contribution is 2.52. The van der Waals surface area contributed by atoms with Crippen LogP contribution in [-0.2, 0) is 0 Å². The molecule has 0 unspecified atom stereocenters. The summed E-state index contributed by atoms with van der Waals surface area (Å²) in [4.78, 5) is 9.93. The zero-order valence-electron chi connectivity index (χ0n) is 17.8. The SMILES string of the molecule is Oc1ccccc1C=N[C@@H]1c2ccccc2O[C@@]2(N=Cc3ccccc3O)CCCC[C@@H]12. The molecule has 1 aliphatic heterocycles. The van der Waals surface area contributed by atoms with Gasteiger partial charge in [-0.3, -0.25) is 4.99 Å². The zero-order valence-corrected chi connectivity index (χ0v) is 17.8. The zero-order chi connectivity index (χ0) is 22.0. The van der Waals surface area contributed by atoms with Crippen LogP contribution in [0.3, 0.4) is 0 Å². The number of hydrogen-bond donors (Lipinski definition) is 2. The van der Waals surface area contributed by atoms with Crippen molar-refractivity contribution < 1.29 is 14.9 Å². The molecule has 32 heavy (non-hydrogen) atoms. The number of ether oxygens (including phenoxy) is 1. The van der Waals surface area contributed by atoms with Gasteiger partial charge in [0.05, 0.1) is 6.04 Å². The van der Waals surface area contributed by atoms with E-state index >= 15 is 0 Å². The van der Waals surface area contributed by atoms with Crippen molar-refractivity contribution in [2.75, 3.05) is 0 Å². The van der Waals surface area contributed by atoms with Crippen LogP contribution in [0.15, 0.2) is 82.8 Å². The van der Waals surface area contributed by atoms with E-state index in [1.54, 1.807) is 36.7 Å². The second-order valence-electron chi connectivity index (χ2n) is 8.44. The lowest BCUT2D eigenvalue weighted by molar-refractivity contribution is -0.0426. The minimum atomic E-state index is -0.740. The van der Waals surface area contributed by atoms with Crippen molar-refractivity contribution in [1.82, 2.24) is 0 Å². The molecule has 1 saturated carbocycles. The van der Waals surface area contributed by atoms with E-state index in [1.807, 2.05) is 42.5 Å². The summed E-state index contributed by atoms with van der Waals surface area (Å²) in [6.07, 6.45) is 7.33. The average Bonchev–Trinajstić information content (AvgIpc) is 2.82. The number of phenolic OH excluding ortho intramolecular Hbond substituents is 2. The molecule has 0 bridgehead atoms. The van der Waals surface area contributed by atoms with E-state index in [-0.39, 0.29) is 23.5 Å². The molecule has 1 aliphatic carbocycles. The number of hydrogen-bond acceptors (Lipinski definition) is 5. The maximum Gasteiger partial charge on any atom is 0.205 e. The monoisotopic (exact) mass is 426 g/mol. The molecule has 2 aliphatic rings. The van der Waals surface area contributed by atoms with Crippen LogP contribution in [0.25, 0.3) is 0 Å². The number of fused-ring (bicyclic) bond motifs is 2. The topological polar surface area (TPSA) is 74.4 Å². The lowest BCUT2D eigenvalue weighted by Crippen LogP contribution is -2.49. The fourth-order valence-electron chi connectivity index (χ4n) is 4.81. The van der Waals surface area contributed by atoms with E-state index in [0.29, 0.717) is 11.1 Å². The average molecular weight is 427 g/mol. The van der Waals surface area contributed by atoms with Crippen molar-refractivity contribution in [3.63, 3.8) is 0 Å². The minimum Gasteiger partial charge on any atom is -0.507 e. The van der Waals surface area contributed by atoms with E-state index in [4.69, 9.17) is 14.7 Å². The number of rotatable bonds is 4. The van der Waals surface area contributed by atoms with Crippen LogP contribution >= 0.6 is 0 Å². The number of phenols is 2. The van der Waals surface area contributed by atoms with Crippen LogP contribution in [0.5, 0.6) is 17.2 Å². The third-order valence-corrected chi connectivity index (χ3v) is 6.45. The second-order valence-corrected chi connectivity index (χ2v) is 8.44. The first-order valence-corrected chi connectivity index (χ1v) is 11.1. The summed E-state index contributed by atoms with van der Waals surface area (Å²) in [6.45, 7) is 0. The minimum absolute atomic E-state index is 0.0513. The molecule has 0 amide bonds. The highest BCUT2D eigenvalue weighted by molar-refractivity contribution is 5.84. The molecule has 0 saturated heterocycles. The van der Waals surface area contributed by atoms with Gasteiger partial charge in [0.25, 0.3) is 0 Å². The van der Waals surface area contributed by atoms with Crippen LogP contribution in [0.2, 0.25) is 0 Å². The Morgan fingerprint density at radius 2 is 1.47 bits per heavy atom. The summed E-state index contributed by atoms with van der Waals surface area (Å²) >= 11 is 0. The number of aliphatic imine (C=N–C) groups is 2. The van der Waals surface area contributed by atoms with Gasteiger partial charge in [0.2, 0.25) is 5.72 Å². The first kappa shape index (κ1) is 20.3. The summed E-state index contributed by atoms with van der Waals surface area (Å²) in [7, 11) is 0. The Labute approximate surface area is 187 Å². The Balaban J connectivity index is 1.57. The van der Waals surface area contributed by atoms with Gasteiger partial charge < -0.3 is 14.9 Å². The van der Waals surface area contributed by atoms with E-state index in [1.165, 1.54) is 0 Å². The van der Waals surface area contributed by atoms with Crippen molar-refractivity contribution in [2.45, 2.75) is 37.5 Å². The van der Waals surface area contributed by atoms with Gasteiger partial charge in [-0.2, -0.15) is 0 Å². The predicted molar refractivity (Wildman–Crippen MR) is 126 cm³/mol. The maximum atomic E-state index is 10.2. The van der Waals surface area contributed by atoms with Gasteiger partial charge in [-0.1, -0.05) is 48.9 Å². The van der Waals surface area contributed by atoms with Gasteiger partial charge in [-0.25, -0.2) is 4.99 Å². The molecule has 5 rings (SSSR count). The highest BCUT2D eigenvalue weighted by atomic mass is 16.5. The van der Waals surface area contributed by atoms with Gasteiger partial charge in [-0.15, -0.1) is 0 Å². The predicted octanol–water partition coefficient (Wildman–Crippen LogP) is 5.66. The Kier molecular flexibility index (Phi) is 5.39. The van der Waals surface area contributed by atoms with Crippen molar-refractivity contribution in [2.24, 2.45) is 15.9 Å². The van der Waals surface area contributed by atoms with Gasteiger partial charge in [0.1, 0.15) is 17.2 Å². The maximum absolute atomic E-state index is 10.2. The van der Waals surface area contributed by atoms with Crippen LogP contribution in [0.4, 0.5) is 0 Å². The molecule has 0 radical (unpaired) electrons. The lowest BCUT2D eigenvalue weighted by atomic mass is 9.73. The van der Waals surface area contributed by atoms with Crippen molar-refractivity contribution >= 4 is 12.4 Å². The van der Waals surface area contributed by atoms with Crippen LogP contribution in [0, 0.1) is 5.92 Å². The normalized spacial score (nSPS) is 24.8. The Morgan fingerprint density at radius 1 is 0.812 bits per heavy atom. The van der Waals surface area contributed by atoms with Gasteiger partial charge >= 0.3 is 0 Å². The number of para-hydroxylation sites is 3. The molecule has 1 heterocycles. The van der Waals surface area contributed by atoms with Crippen molar-refractivity contribution in [3.05, 3.63) is 89.5 Å². The molecule has 0 spiro atoms. The second kappa shape index (κ2) is 8.50. The smallest absolute Gasteiger partial charge is 0.205 e. The van der Waals surface area contributed by atoms with Gasteiger partial charge in [-0.05, 0) is 43.2 Å². The molecule has 0 aromatic heterocycles. The quantitative estimate of drug-likeness (QED) is 0.529. The standard InChI is InChI=1S/C27H26N2O3/c30-23-13-4-1-9-19(23)17-28-26-21-11-3-6-15-25(21)32-27(16-8-7-12-22(26)27)29-18-20-10-2-5-14-24(20)31/h1-6,9-11,13-15,17-18,22,26,30-31H,7-8,12,16H2/t22-,26+,27-/m0/s1. The first-order chi connectivity index (χ1) is 15.7. The third kappa shape index (κ3) is 3.75. The number of aromatic hydroxyl groups is 2. The van der Waals surface area contributed by atoms with E-state index < -0.39 is 5.72 Å². The Bertz CT molecular complexity index is 1170. The van der Waals surface area contributed by atoms with Gasteiger partial charge in [0.15, 0.2) is 0 Å². The number of benzene rings is 3. The highest BCUT2D eigenvalue weighted by Gasteiger charge is 2.51. The third-order valence-electron chi connectivity index (χ3n) is 6.45. The molecule has 3 aromatic rings. The summed E-state index contributed by atoms with van der Waals surface area (Å²) in [5.41, 5.74) is 1.66.